The molecule has 6 heteroatoms. The first kappa shape index (κ1) is 13.6. The average Bonchev–Trinajstić information content (AvgIpc) is 3.17. The van der Waals surface area contributed by atoms with Gasteiger partial charge in [0.05, 0.1) is 0 Å². The SMILES string of the molecule is CN(C(=O)[C@@H]1C[C@H]1c1ccc2c(c1)OCCO2)c1nccs1. The van der Waals surface area contributed by atoms with Gasteiger partial charge in [-0.2, -0.15) is 0 Å². The van der Waals surface area contributed by atoms with Crippen molar-refractivity contribution in [2.45, 2.75) is 12.3 Å². The van der Waals surface area contributed by atoms with E-state index < -0.39 is 0 Å². The minimum absolute atomic E-state index is 0.0384. The summed E-state index contributed by atoms with van der Waals surface area (Å²) in [6, 6.07) is 5.99. The molecular formula is C16H16N2O3S. The van der Waals surface area contributed by atoms with Gasteiger partial charge in [-0.15, -0.1) is 11.3 Å². The number of amides is 1. The fraction of sp³-hybridized carbons (Fsp3) is 0.375. The van der Waals surface area contributed by atoms with Crippen LogP contribution in [-0.2, 0) is 4.79 Å². The predicted molar refractivity (Wildman–Crippen MR) is 83.8 cm³/mol. The molecule has 22 heavy (non-hydrogen) atoms. The minimum Gasteiger partial charge on any atom is -0.486 e. The lowest BCUT2D eigenvalue weighted by molar-refractivity contribution is -0.119. The lowest BCUT2D eigenvalue weighted by atomic mass is 10.1. The zero-order valence-electron chi connectivity index (χ0n) is 12.2. The standard InChI is InChI=1S/C16H16N2O3S/c1-18(16-17-4-7-22-16)15(19)12-9-11(12)10-2-3-13-14(8-10)21-6-5-20-13/h2-4,7-8,11-12H,5-6,9H2,1H3/t11-,12+/m0/s1. The second-order valence-electron chi connectivity index (χ2n) is 5.56. The maximum atomic E-state index is 12.5. The van der Waals surface area contributed by atoms with E-state index in [4.69, 9.17) is 9.47 Å². The Hall–Kier alpha value is -2.08. The second-order valence-corrected chi connectivity index (χ2v) is 6.44. The molecule has 0 saturated heterocycles. The number of nitrogens with zero attached hydrogens (tertiary/aromatic N) is 2. The van der Waals surface area contributed by atoms with E-state index in [2.05, 4.69) is 4.98 Å². The Bertz CT molecular complexity index is 701. The van der Waals surface area contributed by atoms with Crippen molar-refractivity contribution in [1.82, 2.24) is 4.98 Å². The molecule has 0 unspecified atom stereocenters. The largest absolute Gasteiger partial charge is 0.486 e. The molecule has 1 fully saturated rings. The Balaban J connectivity index is 1.49. The van der Waals surface area contributed by atoms with Crippen LogP contribution in [0.4, 0.5) is 5.13 Å². The summed E-state index contributed by atoms with van der Waals surface area (Å²) in [4.78, 5) is 18.4. The van der Waals surface area contributed by atoms with E-state index in [1.165, 1.54) is 11.3 Å². The van der Waals surface area contributed by atoms with E-state index in [0.29, 0.717) is 13.2 Å². The van der Waals surface area contributed by atoms with Crippen LogP contribution < -0.4 is 14.4 Å². The van der Waals surface area contributed by atoms with E-state index in [9.17, 15) is 4.79 Å². The van der Waals surface area contributed by atoms with Crippen molar-refractivity contribution < 1.29 is 14.3 Å². The second kappa shape index (κ2) is 5.28. The molecule has 2 aromatic rings. The van der Waals surface area contributed by atoms with E-state index in [1.807, 2.05) is 23.6 Å². The molecule has 0 radical (unpaired) electrons. The van der Waals surface area contributed by atoms with Crippen LogP contribution in [0.1, 0.15) is 17.9 Å². The highest BCUT2D eigenvalue weighted by molar-refractivity contribution is 7.13. The number of anilines is 1. The zero-order chi connectivity index (χ0) is 15.1. The third kappa shape index (κ3) is 2.33. The van der Waals surface area contributed by atoms with Crippen molar-refractivity contribution >= 4 is 22.4 Å². The Morgan fingerprint density at radius 1 is 1.32 bits per heavy atom. The van der Waals surface area contributed by atoms with Crippen LogP contribution in [-0.4, -0.2) is 31.2 Å². The first-order valence-electron chi connectivity index (χ1n) is 7.30. The molecular weight excluding hydrogens is 300 g/mol. The van der Waals surface area contributed by atoms with Gasteiger partial charge in [-0.3, -0.25) is 9.69 Å². The van der Waals surface area contributed by atoms with Crippen molar-refractivity contribution in [2.75, 3.05) is 25.2 Å². The highest BCUT2D eigenvalue weighted by Gasteiger charge is 2.46. The van der Waals surface area contributed by atoms with Crippen LogP contribution in [0.3, 0.4) is 0 Å². The van der Waals surface area contributed by atoms with Crippen LogP contribution in [0.25, 0.3) is 0 Å². The van der Waals surface area contributed by atoms with Crippen LogP contribution in [0.5, 0.6) is 11.5 Å². The number of fused-ring (bicyclic) bond motifs is 1. The highest BCUT2D eigenvalue weighted by atomic mass is 32.1. The van der Waals surface area contributed by atoms with Gasteiger partial charge in [0, 0.05) is 24.5 Å². The van der Waals surface area contributed by atoms with Crippen molar-refractivity contribution in [3.63, 3.8) is 0 Å². The normalized spacial score (nSPS) is 22.2. The average molecular weight is 316 g/mol. The fourth-order valence-electron chi connectivity index (χ4n) is 2.85. The topological polar surface area (TPSA) is 51.7 Å². The van der Waals surface area contributed by atoms with E-state index in [-0.39, 0.29) is 17.7 Å². The van der Waals surface area contributed by atoms with Crippen molar-refractivity contribution in [3.05, 3.63) is 35.3 Å². The van der Waals surface area contributed by atoms with Gasteiger partial charge in [-0.05, 0) is 30.0 Å². The lowest BCUT2D eigenvalue weighted by Crippen LogP contribution is -2.28. The molecule has 0 N–H and O–H groups in total. The monoisotopic (exact) mass is 316 g/mol. The molecule has 1 aromatic carbocycles. The molecule has 1 amide bonds. The van der Waals surface area contributed by atoms with Gasteiger partial charge in [0.15, 0.2) is 16.6 Å². The van der Waals surface area contributed by atoms with Crippen LogP contribution >= 0.6 is 11.3 Å². The van der Waals surface area contributed by atoms with E-state index in [0.717, 1.165) is 28.6 Å². The number of hydrogen-bond donors (Lipinski definition) is 0. The first-order chi connectivity index (χ1) is 10.7. The molecule has 2 aliphatic rings. The lowest BCUT2D eigenvalue weighted by Gasteiger charge is -2.19. The number of rotatable bonds is 3. The molecule has 1 aromatic heterocycles. The van der Waals surface area contributed by atoms with Gasteiger partial charge in [-0.25, -0.2) is 4.98 Å². The van der Waals surface area contributed by atoms with E-state index >= 15 is 0 Å². The molecule has 0 bridgehead atoms. The number of carbonyl (C=O) groups excluding carboxylic acids is 1. The molecule has 1 aliphatic heterocycles. The van der Waals surface area contributed by atoms with Crippen LogP contribution in [0.15, 0.2) is 29.8 Å². The predicted octanol–water partition coefficient (Wildman–Crippen LogP) is 2.68. The quantitative estimate of drug-likeness (QED) is 0.873. The summed E-state index contributed by atoms with van der Waals surface area (Å²) < 4.78 is 11.1. The Morgan fingerprint density at radius 3 is 2.91 bits per heavy atom. The number of hydrogen-bond acceptors (Lipinski definition) is 5. The van der Waals surface area contributed by atoms with Gasteiger partial charge in [-0.1, -0.05) is 6.07 Å². The molecule has 2 heterocycles. The molecule has 114 valence electrons. The first-order valence-corrected chi connectivity index (χ1v) is 8.18. The number of benzene rings is 1. The number of aromatic nitrogens is 1. The van der Waals surface area contributed by atoms with Crippen molar-refractivity contribution in [1.29, 1.82) is 0 Å². The zero-order valence-corrected chi connectivity index (χ0v) is 13.0. The Morgan fingerprint density at radius 2 is 2.14 bits per heavy atom. The summed E-state index contributed by atoms with van der Waals surface area (Å²) in [7, 11) is 1.79. The van der Waals surface area contributed by atoms with Crippen molar-refractivity contribution in [2.24, 2.45) is 5.92 Å². The Labute approximate surface area is 132 Å². The van der Waals surface area contributed by atoms with Gasteiger partial charge in [0.25, 0.3) is 0 Å². The van der Waals surface area contributed by atoms with Crippen LogP contribution in [0.2, 0.25) is 0 Å². The molecule has 2 atom stereocenters. The van der Waals surface area contributed by atoms with Crippen LogP contribution in [0, 0.1) is 5.92 Å². The smallest absolute Gasteiger partial charge is 0.232 e. The number of carbonyl (C=O) groups is 1. The summed E-state index contributed by atoms with van der Waals surface area (Å²) in [5.41, 5.74) is 1.15. The summed E-state index contributed by atoms with van der Waals surface area (Å²) >= 11 is 1.48. The minimum atomic E-state index is 0.0384. The number of thiazole rings is 1. The maximum Gasteiger partial charge on any atom is 0.232 e. The third-order valence-corrected chi connectivity index (χ3v) is 4.99. The summed E-state index contributed by atoms with van der Waals surface area (Å²) in [5, 5.41) is 2.63. The number of ether oxygens (including phenoxy) is 2. The van der Waals surface area contributed by atoms with Crippen molar-refractivity contribution in [3.8, 4) is 11.5 Å². The molecule has 5 nitrogen and oxygen atoms in total. The third-order valence-electron chi connectivity index (χ3n) is 4.14. The molecule has 1 saturated carbocycles. The highest BCUT2D eigenvalue weighted by Crippen LogP contribution is 2.50. The molecule has 1 aliphatic carbocycles. The Kier molecular flexibility index (Phi) is 3.26. The summed E-state index contributed by atoms with van der Waals surface area (Å²) in [6.45, 7) is 1.17. The fourth-order valence-corrected chi connectivity index (χ4v) is 3.46. The summed E-state index contributed by atoms with van der Waals surface area (Å²) in [5.74, 6) is 2.02. The van der Waals surface area contributed by atoms with Gasteiger partial charge in [0.1, 0.15) is 13.2 Å². The van der Waals surface area contributed by atoms with Gasteiger partial charge >= 0.3 is 0 Å². The molecule has 0 spiro atoms. The van der Waals surface area contributed by atoms with Gasteiger partial charge < -0.3 is 9.47 Å². The van der Waals surface area contributed by atoms with Gasteiger partial charge in [0.2, 0.25) is 5.91 Å². The summed E-state index contributed by atoms with van der Waals surface area (Å²) in [6.07, 6.45) is 2.60. The van der Waals surface area contributed by atoms with E-state index in [1.54, 1.807) is 18.1 Å². The molecule has 4 rings (SSSR count). The maximum absolute atomic E-state index is 12.5.